The van der Waals surface area contributed by atoms with Gasteiger partial charge in [0.2, 0.25) is 5.91 Å². The van der Waals surface area contributed by atoms with Crippen molar-refractivity contribution in [2.24, 2.45) is 0 Å². The fourth-order valence-electron chi connectivity index (χ4n) is 11.6. The van der Waals surface area contributed by atoms with E-state index in [1.807, 2.05) is 6.08 Å². The van der Waals surface area contributed by atoms with Crippen LogP contribution in [0.5, 0.6) is 0 Å². The van der Waals surface area contributed by atoms with E-state index in [2.05, 4.69) is 31.3 Å². The highest BCUT2D eigenvalue weighted by Crippen LogP contribution is 2.19. The number of carbonyl (C=O) groups is 2. The fourth-order valence-corrected chi connectivity index (χ4v) is 11.6. The van der Waals surface area contributed by atoms with Gasteiger partial charge in [-0.05, 0) is 57.8 Å². The van der Waals surface area contributed by atoms with E-state index < -0.39 is 12.1 Å². The quantitative estimate of drug-likeness (QED) is 0.0320. The second kappa shape index (κ2) is 69.8. The summed E-state index contributed by atoms with van der Waals surface area (Å²) < 4.78 is 5.48. The van der Waals surface area contributed by atoms with Crippen LogP contribution in [0.1, 0.15) is 412 Å². The topological polar surface area (TPSA) is 95.9 Å². The first kappa shape index (κ1) is 78.3. The van der Waals surface area contributed by atoms with Gasteiger partial charge in [-0.1, -0.05) is 366 Å². The van der Waals surface area contributed by atoms with Crippen LogP contribution in [0.15, 0.2) is 24.3 Å². The molecule has 474 valence electrons. The molecule has 0 saturated heterocycles. The van der Waals surface area contributed by atoms with Gasteiger partial charge >= 0.3 is 5.97 Å². The lowest BCUT2D eigenvalue weighted by atomic mass is 10.0. The highest BCUT2D eigenvalue weighted by atomic mass is 16.5. The summed E-state index contributed by atoms with van der Waals surface area (Å²) in [7, 11) is 0. The average molecular weight is 1130 g/mol. The van der Waals surface area contributed by atoms with Gasteiger partial charge in [0, 0.05) is 12.8 Å². The molecule has 0 aromatic rings. The molecular weight excluding hydrogens is 983 g/mol. The predicted octanol–water partition coefficient (Wildman–Crippen LogP) is 23.7. The van der Waals surface area contributed by atoms with Crippen molar-refractivity contribution in [1.29, 1.82) is 0 Å². The molecule has 6 heteroatoms. The third kappa shape index (κ3) is 65.5. The molecule has 0 aliphatic heterocycles. The fraction of sp³-hybridized carbons (Fsp3) is 0.919. The summed E-state index contributed by atoms with van der Waals surface area (Å²) >= 11 is 0. The largest absolute Gasteiger partial charge is 0.466 e. The molecule has 2 atom stereocenters. The number of hydrogen-bond donors (Lipinski definition) is 3. The Labute approximate surface area is 501 Å². The summed E-state index contributed by atoms with van der Waals surface area (Å²) in [6.45, 7) is 4.94. The van der Waals surface area contributed by atoms with Crippen molar-refractivity contribution in [3.63, 3.8) is 0 Å². The monoisotopic (exact) mass is 1130 g/mol. The lowest BCUT2D eigenvalue weighted by Gasteiger charge is -2.20. The van der Waals surface area contributed by atoms with Crippen LogP contribution in [-0.2, 0) is 14.3 Å². The molecule has 0 aromatic heterocycles. The summed E-state index contributed by atoms with van der Waals surface area (Å²) in [5.74, 6) is -0.0447. The zero-order chi connectivity index (χ0) is 57.8. The molecule has 0 radical (unpaired) electrons. The first-order valence-corrected chi connectivity index (χ1v) is 36.6. The molecule has 0 fully saturated rings. The number of nitrogens with one attached hydrogen (secondary N) is 1. The molecule has 0 bridgehead atoms. The van der Waals surface area contributed by atoms with Crippen molar-refractivity contribution < 1.29 is 24.5 Å². The van der Waals surface area contributed by atoms with E-state index in [-0.39, 0.29) is 18.5 Å². The molecule has 0 heterocycles. The number of allylic oxidation sites excluding steroid dienone is 3. The third-order valence-electron chi connectivity index (χ3n) is 17.2. The van der Waals surface area contributed by atoms with E-state index in [1.54, 1.807) is 6.08 Å². The highest BCUT2D eigenvalue weighted by Gasteiger charge is 2.18. The Morgan fingerprint density at radius 2 is 0.588 bits per heavy atom. The van der Waals surface area contributed by atoms with Crippen LogP contribution < -0.4 is 5.32 Å². The molecule has 0 aliphatic carbocycles. The number of unbranched alkanes of at least 4 members (excludes halogenated alkanes) is 56. The van der Waals surface area contributed by atoms with Crippen molar-refractivity contribution in [2.45, 2.75) is 424 Å². The van der Waals surface area contributed by atoms with Crippen molar-refractivity contribution in [1.82, 2.24) is 5.32 Å². The Balaban J connectivity index is 3.39. The molecule has 0 spiro atoms. The Hall–Kier alpha value is -1.66. The zero-order valence-electron chi connectivity index (χ0n) is 54.3. The summed E-state index contributed by atoms with van der Waals surface area (Å²) in [5.41, 5.74) is 0. The molecule has 3 N–H and O–H groups in total. The van der Waals surface area contributed by atoms with Gasteiger partial charge < -0.3 is 20.3 Å². The van der Waals surface area contributed by atoms with E-state index >= 15 is 0 Å². The minimum Gasteiger partial charge on any atom is -0.466 e. The molecule has 1 amide bonds. The second-order valence-corrected chi connectivity index (χ2v) is 25.3. The van der Waals surface area contributed by atoms with E-state index in [4.69, 9.17) is 4.74 Å². The number of aliphatic hydroxyl groups excluding tert-OH is 2. The van der Waals surface area contributed by atoms with E-state index in [9.17, 15) is 19.8 Å². The molecule has 2 unspecified atom stereocenters. The Kier molecular flexibility index (Phi) is 68.4. The maximum Gasteiger partial charge on any atom is 0.305 e. The van der Waals surface area contributed by atoms with Crippen molar-refractivity contribution in [2.75, 3.05) is 13.2 Å². The van der Waals surface area contributed by atoms with Gasteiger partial charge in [-0.15, -0.1) is 0 Å². The van der Waals surface area contributed by atoms with Crippen LogP contribution in [-0.4, -0.2) is 47.4 Å². The molecule has 0 aliphatic rings. The number of esters is 1. The number of rotatable bonds is 69. The van der Waals surface area contributed by atoms with Crippen molar-refractivity contribution in [3.8, 4) is 0 Å². The molecule has 0 saturated carbocycles. The van der Waals surface area contributed by atoms with Crippen LogP contribution in [0.3, 0.4) is 0 Å². The van der Waals surface area contributed by atoms with E-state index in [1.165, 1.54) is 347 Å². The van der Waals surface area contributed by atoms with Gasteiger partial charge in [0.05, 0.1) is 25.4 Å². The minimum absolute atomic E-state index is 0.0172. The highest BCUT2D eigenvalue weighted by molar-refractivity contribution is 5.76. The molecule has 0 rings (SSSR count). The average Bonchev–Trinajstić information content (AvgIpc) is 3.46. The third-order valence-corrected chi connectivity index (χ3v) is 17.2. The second-order valence-electron chi connectivity index (χ2n) is 25.3. The number of ether oxygens (including phenoxy) is 1. The number of hydrogen-bond acceptors (Lipinski definition) is 5. The van der Waals surface area contributed by atoms with Crippen molar-refractivity contribution >= 4 is 11.9 Å². The van der Waals surface area contributed by atoms with E-state index in [0.717, 1.165) is 38.5 Å². The first-order valence-electron chi connectivity index (χ1n) is 36.6. The van der Waals surface area contributed by atoms with Crippen LogP contribution >= 0.6 is 0 Å². The van der Waals surface area contributed by atoms with E-state index in [0.29, 0.717) is 19.4 Å². The Morgan fingerprint density at radius 1 is 0.338 bits per heavy atom. The number of aliphatic hydroxyl groups is 2. The number of carbonyl (C=O) groups excluding carboxylic acids is 2. The van der Waals surface area contributed by atoms with Crippen LogP contribution in [0.25, 0.3) is 0 Å². The predicted molar refractivity (Wildman–Crippen MR) is 352 cm³/mol. The first-order chi connectivity index (χ1) is 39.5. The number of amides is 1. The molecule has 6 nitrogen and oxygen atoms in total. The van der Waals surface area contributed by atoms with Crippen LogP contribution in [0.4, 0.5) is 0 Å². The molecular formula is C74H143NO5. The summed E-state index contributed by atoms with van der Waals surface area (Å²) in [5, 5.41) is 23.3. The Morgan fingerprint density at radius 3 is 0.887 bits per heavy atom. The minimum atomic E-state index is -0.844. The smallest absolute Gasteiger partial charge is 0.305 e. The SMILES string of the molecule is CCCCCCCCCCCCCCCCCCCCCC/C=C/C(O)C(CO)NC(=O)CCCCCCCCCCCCCCCC/C=C\CCCCCCCCCCCCCCOC(=O)CCCCCCCCCCCCC. The molecule has 80 heavy (non-hydrogen) atoms. The summed E-state index contributed by atoms with van der Waals surface area (Å²) in [6, 6.07) is -0.627. The maximum absolute atomic E-state index is 12.5. The normalized spacial score (nSPS) is 12.6. The van der Waals surface area contributed by atoms with Gasteiger partial charge in [-0.3, -0.25) is 9.59 Å². The maximum atomic E-state index is 12.5. The zero-order valence-corrected chi connectivity index (χ0v) is 54.3. The van der Waals surface area contributed by atoms with Gasteiger partial charge in [-0.2, -0.15) is 0 Å². The standard InChI is InChI=1S/C74H143NO5/c1-3-5-7-9-11-13-15-16-17-18-19-20-31-34-37-40-43-47-50-54-58-62-66-72(77)71(70-76)75-73(78)67-63-59-55-51-48-44-41-38-35-32-29-27-25-23-21-22-24-26-28-30-33-36-39-42-45-49-53-57-61-65-69-80-74(79)68-64-60-56-52-46-14-12-10-8-6-4-2/h22,24,62,66,71-72,76-77H,3-21,23,25-61,63-65,67-70H2,1-2H3,(H,75,78)/b24-22-,66-62+. The van der Waals surface area contributed by atoms with Crippen LogP contribution in [0.2, 0.25) is 0 Å². The molecule has 0 aromatic carbocycles. The van der Waals surface area contributed by atoms with Crippen molar-refractivity contribution in [3.05, 3.63) is 24.3 Å². The van der Waals surface area contributed by atoms with Crippen LogP contribution in [0, 0.1) is 0 Å². The lowest BCUT2D eigenvalue weighted by Crippen LogP contribution is -2.45. The summed E-state index contributed by atoms with van der Waals surface area (Å²) in [6.07, 6.45) is 88.4. The van der Waals surface area contributed by atoms with Gasteiger partial charge in [-0.25, -0.2) is 0 Å². The van der Waals surface area contributed by atoms with Gasteiger partial charge in [0.25, 0.3) is 0 Å². The Bertz CT molecular complexity index is 1250. The lowest BCUT2D eigenvalue weighted by molar-refractivity contribution is -0.143. The van der Waals surface area contributed by atoms with Gasteiger partial charge in [0.1, 0.15) is 0 Å². The van der Waals surface area contributed by atoms with Gasteiger partial charge in [0.15, 0.2) is 0 Å². The summed E-state index contributed by atoms with van der Waals surface area (Å²) in [4.78, 5) is 24.5.